The molecule has 1 N–H and O–H groups in total. The second kappa shape index (κ2) is 9.10. The smallest absolute Gasteiger partial charge is 0.253 e. The van der Waals surface area contributed by atoms with E-state index in [1.54, 1.807) is 24.3 Å². The molecular formula is C24H27ClN4O2. The molecule has 4 rings (SSSR count). The molecule has 1 atom stereocenters. The molecule has 6 nitrogen and oxygen atoms in total. The Morgan fingerprint density at radius 3 is 2.55 bits per heavy atom. The fraction of sp³-hybridized carbons (Fsp3) is 0.375. The number of rotatable bonds is 5. The Kier molecular flexibility index (Phi) is 6.28. The van der Waals surface area contributed by atoms with Gasteiger partial charge in [0.05, 0.1) is 27.7 Å². The summed E-state index contributed by atoms with van der Waals surface area (Å²) in [5.74, 6) is 1.13. The molecule has 1 saturated heterocycles. The maximum atomic E-state index is 13.1. The van der Waals surface area contributed by atoms with Gasteiger partial charge < -0.3 is 14.8 Å². The second-order valence-corrected chi connectivity index (χ2v) is 8.69. The maximum absolute atomic E-state index is 13.1. The molecule has 162 valence electrons. The lowest BCUT2D eigenvalue weighted by Crippen LogP contribution is -2.40. The van der Waals surface area contributed by atoms with Crippen LogP contribution in [0, 0.1) is 5.92 Å². The molecule has 0 bridgehead atoms. The summed E-state index contributed by atoms with van der Waals surface area (Å²) in [6, 6.07) is 14.3. The van der Waals surface area contributed by atoms with Gasteiger partial charge in [0.15, 0.2) is 0 Å². The van der Waals surface area contributed by atoms with Crippen LogP contribution < -0.4 is 5.32 Å². The molecule has 1 unspecified atom stereocenters. The minimum atomic E-state index is -0.398. The molecule has 1 fully saturated rings. The number of nitrogens with zero attached hydrogens (tertiary/aromatic N) is 3. The van der Waals surface area contributed by atoms with Gasteiger partial charge >= 0.3 is 0 Å². The zero-order valence-corrected chi connectivity index (χ0v) is 18.6. The van der Waals surface area contributed by atoms with Crippen molar-refractivity contribution in [3.63, 3.8) is 0 Å². The van der Waals surface area contributed by atoms with Crippen LogP contribution in [-0.2, 0) is 11.3 Å². The Hall–Kier alpha value is -2.86. The lowest BCUT2D eigenvalue weighted by molar-refractivity contribution is -0.133. The molecule has 7 heteroatoms. The van der Waals surface area contributed by atoms with Crippen molar-refractivity contribution in [2.24, 2.45) is 5.92 Å². The summed E-state index contributed by atoms with van der Waals surface area (Å²) in [6.45, 7) is 5.89. The predicted molar refractivity (Wildman–Crippen MR) is 122 cm³/mol. The van der Waals surface area contributed by atoms with Crippen LogP contribution in [0.15, 0.2) is 48.5 Å². The molecule has 2 amide bonds. The van der Waals surface area contributed by atoms with Crippen molar-refractivity contribution in [2.45, 2.75) is 39.3 Å². The first kappa shape index (κ1) is 21.4. The number of hydrogen-bond donors (Lipinski definition) is 1. The molecule has 2 heterocycles. The lowest BCUT2D eigenvalue weighted by Gasteiger charge is -2.30. The highest BCUT2D eigenvalue weighted by Gasteiger charge is 2.25. The number of para-hydroxylation sites is 2. The summed E-state index contributed by atoms with van der Waals surface area (Å²) in [6.07, 6.45) is 2.07. The third-order valence-corrected chi connectivity index (χ3v) is 6.30. The summed E-state index contributed by atoms with van der Waals surface area (Å²) < 4.78 is 1.92. The first-order chi connectivity index (χ1) is 14.9. The van der Waals surface area contributed by atoms with Crippen molar-refractivity contribution >= 4 is 34.4 Å². The Labute approximate surface area is 187 Å². The van der Waals surface area contributed by atoms with Crippen LogP contribution in [-0.4, -0.2) is 39.4 Å². The standard InChI is InChI=1S/C24H27ClN4O2/c1-16-11-13-28(14-12-16)22(30)15-29-21-10-6-5-9-20(21)27-23(29)17(2)26-24(31)18-7-3-4-8-19(18)25/h3-10,16-17H,11-15H2,1-2H3,(H,26,31). The normalized spacial score (nSPS) is 15.8. The van der Waals surface area contributed by atoms with Gasteiger partial charge in [-0.2, -0.15) is 0 Å². The van der Waals surface area contributed by atoms with Crippen LogP contribution in [0.5, 0.6) is 0 Å². The van der Waals surface area contributed by atoms with Crippen molar-refractivity contribution < 1.29 is 9.59 Å². The fourth-order valence-electron chi connectivity index (χ4n) is 4.07. The Morgan fingerprint density at radius 2 is 1.81 bits per heavy atom. The number of fused-ring (bicyclic) bond motifs is 1. The third kappa shape index (κ3) is 4.59. The zero-order valence-electron chi connectivity index (χ0n) is 17.8. The van der Waals surface area contributed by atoms with E-state index >= 15 is 0 Å². The van der Waals surface area contributed by atoms with E-state index in [9.17, 15) is 9.59 Å². The molecule has 1 aromatic heterocycles. The number of imidazole rings is 1. The zero-order chi connectivity index (χ0) is 22.0. The number of amides is 2. The van der Waals surface area contributed by atoms with Crippen LogP contribution in [0.2, 0.25) is 5.02 Å². The van der Waals surface area contributed by atoms with Gasteiger partial charge in [-0.15, -0.1) is 0 Å². The van der Waals surface area contributed by atoms with E-state index in [1.807, 2.05) is 40.7 Å². The minimum Gasteiger partial charge on any atom is -0.342 e. The monoisotopic (exact) mass is 438 g/mol. The topological polar surface area (TPSA) is 67.2 Å². The van der Waals surface area contributed by atoms with Crippen molar-refractivity contribution in [1.82, 2.24) is 19.8 Å². The second-order valence-electron chi connectivity index (χ2n) is 8.28. The van der Waals surface area contributed by atoms with E-state index in [2.05, 4.69) is 12.2 Å². The largest absolute Gasteiger partial charge is 0.342 e. The van der Waals surface area contributed by atoms with E-state index in [0.29, 0.717) is 22.3 Å². The minimum absolute atomic E-state index is 0.0842. The molecule has 0 saturated carbocycles. The number of hydrogen-bond acceptors (Lipinski definition) is 3. The number of halogens is 1. The summed E-state index contributed by atoms with van der Waals surface area (Å²) in [5, 5.41) is 3.38. The number of benzene rings is 2. The first-order valence-electron chi connectivity index (χ1n) is 10.7. The molecule has 1 aliphatic rings. The molecule has 31 heavy (non-hydrogen) atoms. The molecular weight excluding hydrogens is 412 g/mol. The van der Waals surface area contributed by atoms with Gasteiger partial charge in [-0.1, -0.05) is 42.8 Å². The highest BCUT2D eigenvalue weighted by Crippen LogP contribution is 2.23. The predicted octanol–water partition coefficient (Wildman–Crippen LogP) is 4.44. The van der Waals surface area contributed by atoms with Crippen LogP contribution in [0.1, 0.15) is 48.9 Å². The number of likely N-dealkylation sites (tertiary alicyclic amines) is 1. The molecule has 0 radical (unpaired) electrons. The fourth-order valence-corrected chi connectivity index (χ4v) is 4.29. The SMILES string of the molecule is CC1CCN(C(=O)Cn2c(C(C)NC(=O)c3ccccc3Cl)nc3ccccc32)CC1. The van der Waals surface area contributed by atoms with E-state index < -0.39 is 6.04 Å². The van der Waals surface area contributed by atoms with Crippen LogP contribution in [0.4, 0.5) is 0 Å². The molecule has 1 aliphatic heterocycles. The van der Waals surface area contributed by atoms with E-state index in [4.69, 9.17) is 16.6 Å². The van der Waals surface area contributed by atoms with Crippen LogP contribution >= 0.6 is 11.6 Å². The molecule has 3 aromatic rings. The quantitative estimate of drug-likeness (QED) is 0.640. The van der Waals surface area contributed by atoms with E-state index in [-0.39, 0.29) is 18.4 Å². The summed E-state index contributed by atoms with van der Waals surface area (Å²) in [7, 11) is 0. The van der Waals surface area contributed by atoms with Gasteiger partial charge in [0, 0.05) is 13.1 Å². The van der Waals surface area contributed by atoms with Crippen molar-refractivity contribution in [3.05, 3.63) is 64.9 Å². The average molecular weight is 439 g/mol. The van der Waals surface area contributed by atoms with Crippen molar-refractivity contribution in [3.8, 4) is 0 Å². The first-order valence-corrected chi connectivity index (χ1v) is 11.1. The van der Waals surface area contributed by atoms with E-state index in [1.165, 1.54) is 0 Å². The number of carbonyl (C=O) groups is 2. The number of nitrogens with one attached hydrogen (secondary N) is 1. The third-order valence-electron chi connectivity index (χ3n) is 5.97. The average Bonchev–Trinajstić information content (AvgIpc) is 3.13. The molecule has 2 aromatic carbocycles. The van der Waals surface area contributed by atoms with Gasteiger partial charge in [0.1, 0.15) is 12.4 Å². The van der Waals surface area contributed by atoms with Gasteiger partial charge in [-0.25, -0.2) is 4.98 Å². The van der Waals surface area contributed by atoms with Gasteiger partial charge in [0.2, 0.25) is 5.91 Å². The highest BCUT2D eigenvalue weighted by atomic mass is 35.5. The van der Waals surface area contributed by atoms with Gasteiger partial charge in [-0.3, -0.25) is 9.59 Å². The van der Waals surface area contributed by atoms with Crippen molar-refractivity contribution in [2.75, 3.05) is 13.1 Å². The number of aromatic nitrogens is 2. The lowest BCUT2D eigenvalue weighted by atomic mass is 9.99. The highest BCUT2D eigenvalue weighted by molar-refractivity contribution is 6.33. The Bertz CT molecular complexity index is 1100. The van der Waals surface area contributed by atoms with Crippen molar-refractivity contribution in [1.29, 1.82) is 0 Å². The van der Waals surface area contributed by atoms with Crippen LogP contribution in [0.3, 0.4) is 0 Å². The van der Waals surface area contributed by atoms with Gasteiger partial charge in [0.25, 0.3) is 5.91 Å². The van der Waals surface area contributed by atoms with Crippen LogP contribution in [0.25, 0.3) is 11.0 Å². The summed E-state index contributed by atoms with van der Waals surface area (Å²) >= 11 is 6.18. The van der Waals surface area contributed by atoms with Gasteiger partial charge in [-0.05, 0) is 49.9 Å². The summed E-state index contributed by atoms with van der Waals surface area (Å²) in [5.41, 5.74) is 2.10. The Balaban J connectivity index is 1.59. The summed E-state index contributed by atoms with van der Waals surface area (Å²) in [4.78, 5) is 32.5. The Morgan fingerprint density at radius 1 is 1.13 bits per heavy atom. The van der Waals surface area contributed by atoms with E-state index in [0.717, 1.165) is 37.0 Å². The maximum Gasteiger partial charge on any atom is 0.253 e. The molecule has 0 aliphatic carbocycles. The number of carbonyl (C=O) groups excluding carboxylic acids is 2. The number of piperidine rings is 1. The molecule has 0 spiro atoms.